The van der Waals surface area contributed by atoms with Crippen LogP contribution in [0.4, 0.5) is 0 Å². The second-order valence-corrected chi connectivity index (χ2v) is 10.5. The van der Waals surface area contributed by atoms with Gasteiger partial charge in [-0.2, -0.15) is 4.31 Å². The highest BCUT2D eigenvalue weighted by Gasteiger charge is 2.33. The Balaban J connectivity index is 1.56. The molecule has 1 saturated carbocycles. The zero-order valence-electron chi connectivity index (χ0n) is 18.4. The number of amides is 1. The Kier molecular flexibility index (Phi) is 8.17. The molecule has 0 spiro atoms. The van der Waals surface area contributed by atoms with E-state index in [1.807, 2.05) is 13.8 Å². The van der Waals surface area contributed by atoms with Crippen molar-refractivity contribution in [1.29, 1.82) is 0 Å². The molecule has 7 heteroatoms. The van der Waals surface area contributed by atoms with Crippen LogP contribution in [-0.2, 0) is 14.8 Å². The minimum absolute atomic E-state index is 0.0936. The zero-order chi connectivity index (χ0) is 21.6. The van der Waals surface area contributed by atoms with E-state index in [4.69, 9.17) is 4.74 Å². The molecule has 1 N–H and O–H groups in total. The monoisotopic (exact) mass is 436 g/mol. The van der Waals surface area contributed by atoms with Gasteiger partial charge in [0, 0.05) is 25.0 Å². The largest absolute Gasteiger partial charge is 0.494 e. The van der Waals surface area contributed by atoms with E-state index < -0.39 is 10.0 Å². The minimum atomic E-state index is -3.56. The predicted octanol–water partition coefficient (Wildman–Crippen LogP) is 4.02. The molecule has 0 unspecified atom stereocenters. The number of nitrogens with zero attached hydrogens (tertiary/aromatic N) is 1. The number of ether oxygens (including phenoxy) is 1. The average Bonchev–Trinajstić information content (AvgIpc) is 2.71. The Bertz CT molecular complexity index is 808. The Morgan fingerprint density at radius 1 is 1.07 bits per heavy atom. The highest BCUT2D eigenvalue weighted by molar-refractivity contribution is 7.89. The first-order valence-corrected chi connectivity index (χ1v) is 12.9. The number of piperidine rings is 1. The van der Waals surface area contributed by atoms with Crippen LogP contribution in [0.3, 0.4) is 0 Å². The summed E-state index contributed by atoms with van der Waals surface area (Å²) in [4.78, 5) is 13.0. The maximum atomic E-state index is 13.1. The van der Waals surface area contributed by atoms with Gasteiger partial charge in [-0.05, 0) is 63.3 Å². The molecular weight excluding hydrogens is 400 g/mol. The van der Waals surface area contributed by atoms with E-state index in [-0.39, 0.29) is 17.9 Å². The van der Waals surface area contributed by atoms with Crippen molar-refractivity contribution < 1.29 is 17.9 Å². The van der Waals surface area contributed by atoms with Crippen LogP contribution in [-0.4, -0.2) is 44.4 Å². The van der Waals surface area contributed by atoms with Crippen LogP contribution in [0.1, 0.15) is 70.3 Å². The van der Waals surface area contributed by atoms with Crippen LogP contribution < -0.4 is 10.1 Å². The quantitative estimate of drug-likeness (QED) is 0.731. The van der Waals surface area contributed by atoms with E-state index in [1.54, 1.807) is 18.2 Å². The highest BCUT2D eigenvalue weighted by Crippen LogP contribution is 2.28. The molecule has 30 heavy (non-hydrogen) atoms. The average molecular weight is 437 g/mol. The van der Waals surface area contributed by atoms with Gasteiger partial charge in [0.15, 0.2) is 0 Å². The standard InChI is InChI=1S/C23H36N2O4S/c1-3-29-22-12-11-21(17-18(22)2)30(27,28)25-15-13-19(14-16-25)23(26)24-20-9-7-5-4-6-8-10-20/h11-12,17,19-20H,3-10,13-16H2,1-2H3,(H,24,26). The molecule has 1 amide bonds. The number of sulfonamides is 1. The van der Waals surface area contributed by atoms with E-state index in [2.05, 4.69) is 5.32 Å². The van der Waals surface area contributed by atoms with Crippen molar-refractivity contribution in [2.75, 3.05) is 19.7 Å². The highest BCUT2D eigenvalue weighted by atomic mass is 32.2. The fraction of sp³-hybridized carbons (Fsp3) is 0.696. The van der Waals surface area contributed by atoms with Gasteiger partial charge in [-0.15, -0.1) is 0 Å². The molecule has 168 valence electrons. The lowest BCUT2D eigenvalue weighted by molar-refractivity contribution is -0.127. The number of aryl methyl sites for hydroxylation is 1. The van der Waals surface area contributed by atoms with Gasteiger partial charge in [-0.1, -0.05) is 32.1 Å². The fourth-order valence-corrected chi connectivity index (χ4v) is 6.08. The van der Waals surface area contributed by atoms with E-state index in [0.717, 1.165) is 18.4 Å². The smallest absolute Gasteiger partial charge is 0.243 e. The summed E-state index contributed by atoms with van der Waals surface area (Å²) in [6.07, 6.45) is 9.47. The van der Waals surface area contributed by atoms with Crippen LogP contribution in [0, 0.1) is 12.8 Å². The summed E-state index contributed by atoms with van der Waals surface area (Å²) < 4.78 is 33.1. The Morgan fingerprint density at radius 2 is 1.70 bits per heavy atom. The van der Waals surface area contributed by atoms with Gasteiger partial charge in [0.1, 0.15) is 5.75 Å². The van der Waals surface area contributed by atoms with Gasteiger partial charge in [0.25, 0.3) is 0 Å². The zero-order valence-corrected chi connectivity index (χ0v) is 19.2. The maximum absolute atomic E-state index is 13.1. The summed E-state index contributed by atoms with van der Waals surface area (Å²) in [6, 6.07) is 5.29. The number of benzene rings is 1. The minimum Gasteiger partial charge on any atom is -0.494 e. The molecule has 3 rings (SSSR count). The summed E-state index contributed by atoms with van der Waals surface area (Å²) in [5.74, 6) is 0.722. The normalized spacial score (nSPS) is 20.3. The molecule has 0 radical (unpaired) electrons. The molecule has 2 fully saturated rings. The molecule has 1 aromatic rings. The molecule has 1 aromatic carbocycles. The maximum Gasteiger partial charge on any atom is 0.243 e. The number of carbonyl (C=O) groups excluding carboxylic acids is 1. The molecule has 2 aliphatic rings. The number of hydrogen-bond donors (Lipinski definition) is 1. The van der Waals surface area contributed by atoms with E-state index in [0.29, 0.717) is 43.2 Å². The van der Waals surface area contributed by atoms with Gasteiger partial charge in [0.2, 0.25) is 15.9 Å². The molecule has 1 heterocycles. The number of rotatable bonds is 6. The van der Waals surface area contributed by atoms with Crippen molar-refractivity contribution in [3.8, 4) is 5.75 Å². The molecule has 0 aromatic heterocycles. The van der Waals surface area contributed by atoms with Crippen molar-refractivity contribution in [3.05, 3.63) is 23.8 Å². The fourth-order valence-electron chi connectivity index (χ4n) is 4.53. The third kappa shape index (κ3) is 5.76. The lowest BCUT2D eigenvalue weighted by Gasteiger charge is -2.32. The van der Waals surface area contributed by atoms with Gasteiger partial charge in [-0.3, -0.25) is 4.79 Å². The molecule has 0 bridgehead atoms. The second kappa shape index (κ2) is 10.6. The third-order valence-electron chi connectivity index (χ3n) is 6.36. The summed E-state index contributed by atoms with van der Waals surface area (Å²) in [7, 11) is -3.56. The van der Waals surface area contributed by atoms with Gasteiger partial charge < -0.3 is 10.1 Å². The molecule has 1 saturated heterocycles. The second-order valence-electron chi connectivity index (χ2n) is 8.59. The Labute approximate surface area is 181 Å². The molecule has 1 aliphatic carbocycles. The van der Waals surface area contributed by atoms with Gasteiger partial charge in [0.05, 0.1) is 11.5 Å². The summed E-state index contributed by atoms with van der Waals surface area (Å²) in [6.45, 7) is 5.08. The first-order valence-electron chi connectivity index (χ1n) is 11.5. The van der Waals surface area contributed by atoms with Crippen LogP contribution in [0.25, 0.3) is 0 Å². The van der Waals surface area contributed by atoms with E-state index >= 15 is 0 Å². The Hall–Kier alpha value is -1.60. The molecule has 1 aliphatic heterocycles. The summed E-state index contributed by atoms with van der Waals surface area (Å²) in [5, 5.41) is 3.25. The first kappa shape index (κ1) is 23.1. The van der Waals surface area contributed by atoms with E-state index in [9.17, 15) is 13.2 Å². The molecule has 6 nitrogen and oxygen atoms in total. The lowest BCUT2D eigenvalue weighted by Crippen LogP contribution is -2.45. The van der Waals surface area contributed by atoms with E-state index in [1.165, 1.54) is 36.4 Å². The van der Waals surface area contributed by atoms with Crippen LogP contribution in [0.5, 0.6) is 5.75 Å². The van der Waals surface area contributed by atoms with Crippen molar-refractivity contribution in [2.45, 2.75) is 82.6 Å². The number of hydrogen-bond acceptors (Lipinski definition) is 4. The van der Waals surface area contributed by atoms with Crippen LogP contribution >= 0.6 is 0 Å². The topological polar surface area (TPSA) is 75.7 Å². The summed E-state index contributed by atoms with van der Waals surface area (Å²) >= 11 is 0. The number of nitrogens with one attached hydrogen (secondary N) is 1. The molecule has 0 atom stereocenters. The lowest BCUT2D eigenvalue weighted by atomic mass is 9.94. The van der Waals surface area contributed by atoms with Crippen LogP contribution in [0.2, 0.25) is 0 Å². The Morgan fingerprint density at radius 3 is 2.30 bits per heavy atom. The third-order valence-corrected chi connectivity index (χ3v) is 8.25. The van der Waals surface area contributed by atoms with Crippen molar-refractivity contribution in [3.63, 3.8) is 0 Å². The predicted molar refractivity (Wildman–Crippen MR) is 118 cm³/mol. The van der Waals surface area contributed by atoms with Crippen molar-refractivity contribution in [1.82, 2.24) is 9.62 Å². The van der Waals surface area contributed by atoms with Crippen LogP contribution in [0.15, 0.2) is 23.1 Å². The summed E-state index contributed by atoms with van der Waals surface area (Å²) in [5.41, 5.74) is 0.811. The van der Waals surface area contributed by atoms with Crippen molar-refractivity contribution in [2.24, 2.45) is 5.92 Å². The molecular formula is C23H36N2O4S. The van der Waals surface area contributed by atoms with Crippen molar-refractivity contribution >= 4 is 15.9 Å². The van der Waals surface area contributed by atoms with Gasteiger partial charge >= 0.3 is 0 Å². The van der Waals surface area contributed by atoms with Gasteiger partial charge in [-0.25, -0.2) is 8.42 Å². The first-order chi connectivity index (χ1) is 14.4. The number of carbonyl (C=O) groups is 1. The SMILES string of the molecule is CCOc1ccc(S(=O)(=O)N2CCC(C(=O)NC3CCCCCCC3)CC2)cc1C.